The molecule has 1 N–H and O–H groups in total. The zero-order valence-corrected chi connectivity index (χ0v) is 18.9. The first-order chi connectivity index (χ1) is 16.1. The first-order valence-corrected chi connectivity index (χ1v) is 11.6. The number of amides is 1. The van der Waals surface area contributed by atoms with E-state index >= 15 is 0 Å². The summed E-state index contributed by atoms with van der Waals surface area (Å²) >= 11 is 0. The average molecular weight is 449 g/mol. The maximum atomic E-state index is 13.5. The van der Waals surface area contributed by atoms with Crippen molar-refractivity contribution in [3.8, 4) is 5.69 Å². The molecular weight excluding hydrogens is 419 g/mol. The number of aromatic nitrogens is 2. The molecule has 33 heavy (non-hydrogen) atoms. The number of benzene rings is 2. The van der Waals surface area contributed by atoms with Crippen LogP contribution in [-0.4, -0.2) is 53.4 Å². The van der Waals surface area contributed by atoms with E-state index in [1.54, 1.807) is 12.1 Å². The van der Waals surface area contributed by atoms with Gasteiger partial charge in [0, 0.05) is 30.9 Å². The highest BCUT2D eigenvalue weighted by molar-refractivity contribution is 5.94. The van der Waals surface area contributed by atoms with Crippen molar-refractivity contribution < 1.29 is 13.9 Å². The summed E-state index contributed by atoms with van der Waals surface area (Å²) < 4.78 is 20.9. The molecule has 1 aliphatic heterocycles. The lowest BCUT2D eigenvalue weighted by atomic mass is 10.0. The van der Waals surface area contributed by atoms with Crippen LogP contribution in [-0.2, 0) is 17.6 Å². The van der Waals surface area contributed by atoms with Gasteiger partial charge < -0.3 is 10.1 Å². The van der Waals surface area contributed by atoms with Gasteiger partial charge in [0.2, 0.25) is 0 Å². The Morgan fingerprint density at radius 2 is 1.82 bits per heavy atom. The topological polar surface area (TPSA) is 59.4 Å². The molecule has 1 unspecified atom stereocenters. The van der Waals surface area contributed by atoms with Crippen molar-refractivity contribution in [1.82, 2.24) is 20.0 Å². The van der Waals surface area contributed by atoms with Crippen LogP contribution in [0.3, 0.4) is 0 Å². The Kier molecular flexibility index (Phi) is 6.24. The number of hydrogen-bond acceptors (Lipinski definition) is 4. The van der Waals surface area contributed by atoms with Gasteiger partial charge in [-0.3, -0.25) is 9.69 Å². The zero-order valence-electron chi connectivity index (χ0n) is 18.9. The fourth-order valence-corrected chi connectivity index (χ4v) is 4.82. The number of rotatable bonds is 6. The van der Waals surface area contributed by atoms with Gasteiger partial charge in [-0.2, -0.15) is 5.10 Å². The van der Waals surface area contributed by atoms with Gasteiger partial charge in [0.15, 0.2) is 5.69 Å². The first kappa shape index (κ1) is 21.8. The molecule has 2 heterocycles. The number of carbonyl (C=O) groups is 1. The maximum Gasteiger partial charge on any atom is 0.272 e. The Balaban J connectivity index is 1.37. The van der Waals surface area contributed by atoms with Gasteiger partial charge in [0.1, 0.15) is 5.82 Å². The molecule has 1 amide bonds. The predicted octanol–water partition coefficient (Wildman–Crippen LogP) is 3.61. The lowest BCUT2D eigenvalue weighted by Crippen LogP contribution is -2.44. The summed E-state index contributed by atoms with van der Waals surface area (Å²) in [4.78, 5) is 15.6. The lowest BCUT2D eigenvalue weighted by molar-refractivity contribution is 0.0162. The molecule has 1 atom stereocenters. The largest absolute Gasteiger partial charge is 0.379 e. The van der Waals surface area contributed by atoms with Crippen molar-refractivity contribution in [2.45, 2.75) is 32.2 Å². The van der Waals surface area contributed by atoms with Gasteiger partial charge in [-0.1, -0.05) is 29.8 Å². The first-order valence-electron chi connectivity index (χ1n) is 11.6. The maximum absolute atomic E-state index is 13.5. The van der Waals surface area contributed by atoms with E-state index < -0.39 is 0 Å². The Hall–Kier alpha value is -3.03. The van der Waals surface area contributed by atoms with Crippen LogP contribution in [0.1, 0.15) is 45.3 Å². The van der Waals surface area contributed by atoms with Crippen LogP contribution in [0.5, 0.6) is 0 Å². The molecule has 172 valence electrons. The van der Waals surface area contributed by atoms with E-state index in [9.17, 15) is 9.18 Å². The molecule has 1 saturated heterocycles. The molecule has 1 fully saturated rings. The number of carbonyl (C=O) groups excluding carboxylic acids is 1. The second kappa shape index (κ2) is 9.45. The van der Waals surface area contributed by atoms with Crippen LogP contribution < -0.4 is 5.32 Å². The normalized spacial score (nSPS) is 17.0. The van der Waals surface area contributed by atoms with Crippen molar-refractivity contribution in [2.24, 2.45) is 0 Å². The van der Waals surface area contributed by atoms with E-state index in [1.807, 2.05) is 16.8 Å². The molecule has 1 aromatic heterocycles. The van der Waals surface area contributed by atoms with Crippen LogP contribution in [0.25, 0.3) is 5.69 Å². The molecule has 6 nitrogen and oxygen atoms in total. The molecular formula is C26H29FN4O2. The number of nitrogens with one attached hydrogen (secondary N) is 1. The minimum atomic E-state index is -0.263. The molecule has 0 spiro atoms. The minimum absolute atomic E-state index is 0.0503. The molecule has 0 saturated carbocycles. The highest BCUT2D eigenvalue weighted by Crippen LogP contribution is 2.28. The van der Waals surface area contributed by atoms with Gasteiger partial charge in [-0.15, -0.1) is 0 Å². The Bertz CT molecular complexity index is 1120. The monoisotopic (exact) mass is 448 g/mol. The highest BCUT2D eigenvalue weighted by Gasteiger charge is 2.28. The number of morpholine rings is 1. The van der Waals surface area contributed by atoms with Gasteiger partial charge in [0.25, 0.3) is 5.91 Å². The lowest BCUT2D eigenvalue weighted by Gasteiger charge is -2.34. The van der Waals surface area contributed by atoms with Crippen LogP contribution in [0, 0.1) is 12.7 Å². The van der Waals surface area contributed by atoms with Crippen LogP contribution in [0.15, 0.2) is 48.5 Å². The van der Waals surface area contributed by atoms with Crippen molar-refractivity contribution in [2.75, 3.05) is 32.8 Å². The summed E-state index contributed by atoms with van der Waals surface area (Å²) in [7, 11) is 0. The smallest absolute Gasteiger partial charge is 0.272 e. The molecule has 7 heteroatoms. The predicted molar refractivity (Wildman–Crippen MR) is 124 cm³/mol. The molecule has 0 radical (unpaired) electrons. The molecule has 2 aliphatic rings. The number of aryl methyl sites for hydroxylation is 1. The number of ether oxygens (including phenoxy) is 1. The summed E-state index contributed by atoms with van der Waals surface area (Å²) in [6, 6.07) is 14.7. The van der Waals surface area contributed by atoms with Crippen molar-refractivity contribution in [3.63, 3.8) is 0 Å². The van der Waals surface area contributed by atoms with Gasteiger partial charge in [-0.05, 0) is 56.0 Å². The van der Waals surface area contributed by atoms with Crippen LogP contribution in [0.4, 0.5) is 4.39 Å². The van der Waals surface area contributed by atoms with Crippen LogP contribution in [0.2, 0.25) is 0 Å². The Labute approximate surface area is 193 Å². The molecule has 1 aliphatic carbocycles. The van der Waals surface area contributed by atoms with Crippen molar-refractivity contribution >= 4 is 5.91 Å². The van der Waals surface area contributed by atoms with E-state index in [0.29, 0.717) is 25.5 Å². The molecule has 0 bridgehead atoms. The third-order valence-electron chi connectivity index (χ3n) is 6.62. The third-order valence-corrected chi connectivity index (χ3v) is 6.62. The third kappa shape index (κ3) is 4.56. The Morgan fingerprint density at radius 3 is 2.55 bits per heavy atom. The fraction of sp³-hybridized carbons (Fsp3) is 0.385. The fourth-order valence-electron chi connectivity index (χ4n) is 4.82. The second-order valence-electron chi connectivity index (χ2n) is 8.80. The van der Waals surface area contributed by atoms with Crippen LogP contribution >= 0.6 is 0 Å². The summed E-state index contributed by atoms with van der Waals surface area (Å²) in [5, 5.41) is 7.85. The minimum Gasteiger partial charge on any atom is -0.379 e. The number of fused-ring (bicyclic) bond motifs is 1. The quantitative estimate of drug-likeness (QED) is 0.626. The van der Waals surface area contributed by atoms with E-state index in [1.165, 1.54) is 17.7 Å². The molecule has 2 aromatic carbocycles. The number of halogens is 1. The Morgan fingerprint density at radius 1 is 1.09 bits per heavy atom. The second-order valence-corrected chi connectivity index (χ2v) is 8.80. The number of nitrogens with zero attached hydrogens (tertiary/aromatic N) is 3. The summed E-state index contributed by atoms with van der Waals surface area (Å²) in [5.41, 5.74) is 5.85. The summed E-state index contributed by atoms with van der Waals surface area (Å²) in [6.45, 7) is 5.34. The van der Waals surface area contributed by atoms with Gasteiger partial charge in [-0.25, -0.2) is 9.07 Å². The van der Waals surface area contributed by atoms with Crippen molar-refractivity contribution in [1.29, 1.82) is 0 Å². The standard InChI is InChI=1S/C26H29FN4O2/c1-18-5-11-21(12-6-18)31-23-4-2-3-22(23)25(29-31)26(32)28-17-24(30-13-15-33-16-14-30)19-7-9-20(27)10-8-19/h5-12,24H,2-4,13-17H2,1H3,(H,28,32). The summed E-state index contributed by atoms with van der Waals surface area (Å²) in [5.74, 6) is -0.417. The average Bonchev–Trinajstić information content (AvgIpc) is 3.45. The number of hydrogen-bond donors (Lipinski definition) is 1. The van der Waals surface area contributed by atoms with E-state index in [-0.39, 0.29) is 17.8 Å². The van der Waals surface area contributed by atoms with Gasteiger partial charge >= 0.3 is 0 Å². The van der Waals surface area contributed by atoms with Crippen molar-refractivity contribution in [3.05, 3.63) is 82.4 Å². The van der Waals surface area contributed by atoms with E-state index in [0.717, 1.165) is 54.9 Å². The highest BCUT2D eigenvalue weighted by atomic mass is 19.1. The summed E-state index contributed by atoms with van der Waals surface area (Å²) in [6.07, 6.45) is 2.83. The SMILES string of the molecule is Cc1ccc(-n2nc(C(=O)NCC(c3ccc(F)cc3)N3CCOCC3)c3c2CCC3)cc1. The van der Waals surface area contributed by atoms with E-state index in [4.69, 9.17) is 9.84 Å². The van der Waals surface area contributed by atoms with Gasteiger partial charge in [0.05, 0.1) is 24.9 Å². The van der Waals surface area contributed by atoms with E-state index in [2.05, 4.69) is 29.3 Å². The molecule has 3 aromatic rings. The zero-order chi connectivity index (χ0) is 22.8. The molecule has 5 rings (SSSR count).